The molecular formula is C14H19N2O2P+2. The van der Waals surface area contributed by atoms with Gasteiger partial charge < -0.3 is 16.4 Å². The molecule has 0 amide bonds. The Labute approximate surface area is 112 Å². The van der Waals surface area contributed by atoms with Crippen molar-refractivity contribution < 1.29 is 20.9 Å². The van der Waals surface area contributed by atoms with E-state index in [1.807, 2.05) is 60.7 Å². The highest BCUT2D eigenvalue weighted by molar-refractivity contribution is 7.58. The van der Waals surface area contributed by atoms with E-state index in [2.05, 4.69) is 11.5 Å². The van der Waals surface area contributed by atoms with Crippen LogP contribution in [0.2, 0.25) is 0 Å². The zero-order valence-corrected chi connectivity index (χ0v) is 11.5. The van der Waals surface area contributed by atoms with E-state index in [0.29, 0.717) is 0 Å². The molecule has 0 saturated carbocycles. The summed E-state index contributed by atoms with van der Waals surface area (Å²) in [7, 11) is -3.54. The van der Waals surface area contributed by atoms with Gasteiger partial charge in [-0.05, 0) is 0 Å². The molecule has 0 fully saturated rings. The summed E-state index contributed by atoms with van der Waals surface area (Å²) in [6, 6.07) is 18.4. The van der Waals surface area contributed by atoms with Gasteiger partial charge in [0.2, 0.25) is 0 Å². The highest BCUT2D eigenvalue weighted by atomic mass is 31.2. The summed E-state index contributed by atoms with van der Waals surface area (Å²) < 4.78 is 12.6. The fourth-order valence-electron chi connectivity index (χ4n) is 1.99. The lowest BCUT2D eigenvalue weighted by Crippen LogP contribution is -2.59. The fourth-order valence-corrected chi connectivity index (χ4v) is 3.63. The van der Waals surface area contributed by atoms with E-state index in [-0.39, 0.29) is 0 Å². The molecule has 4 nitrogen and oxygen atoms in total. The van der Waals surface area contributed by atoms with E-state index in [9.17, 15) is 9.46 Å². The van der Waals surface area contributed by atoms with E-state index in [1.165, 1.54) is 0 Å². The molecule has 0 bridgehead atoms. The lowest BCUT2D eigenvalue weighted by molar-refractivity contribution is -0.418. The molecule has 100 valence electrons. The van der Waals surface area contributed by atoms with Crippen molar-refractivity contribution in [3.05, 3.63) is 71.8 Å². The minimum atomic E-state index is -3.54. The number of quaternary nitrogens is 2. The molecule has 0 aliphatic rings. The average molecular weight is 278 g/mol. The topological polar surface area (TPSA) is 92.6 Å². The minimum Gasteiger partial charge on any atom is -0.343 e. The molecule has 0 saturated heterocycles. The Bertz CT molecular complexity index is 525. The van der Waals surface area contributed by atoms with Crippen molar-refractivity contribution in [1.29, 1.82) is 0 Å². The highest BCUT2D eigenvalue weighted by Crippen LogP contribution is 2.59. The van der Waals surface area contributed by atoms with Crippen molar-refractivity contribution in [2.75, 3.05) is 0 Å². The molecule has 0 spiro atoms. The summed E-state index contributed by atoms with van der Waals surface area (Å²) in [5.74, 6) is -1.34. The molecule has 2 atom stereocenters. The Morgan fingerprint density at radius 1 is 0.789 bits per heavy atom. The van der Waals surface area contributed by atoms with Crippen LogP contribution >= 0.6 is 7.37 Å². The molecule has 5 heteroatoms. The van der Waals surface area contributed by atoms with Crippen LogP contribution in [0.15, 0.2) is 60.7 Å². The van der Waals surface area contributed by atoms with Gasteiger partial charge in [-0.1, -0.05) is 60.7 Å². The van der Waals surface area contributed by atoms with Crippen molar-refractivity contribution in [1.82, 2.24) is 0 Å². The van der Waals surface area contributed by atoms with Crippen molar-refractivity contribution >= 4 is 7.37 Å². The summed E-state index contributed by atoms with van der Waals surface area (Å²) in [4.78, 5) is 10.4. The molecule has 7 N–H and O–H groups in total. The third-order valence-corrected chi connectivity index (χ3v) is 5.64. The Hall–Kier alpha value is -1.45. The third kappa shape index (κ3) is 2.94. The van der Waals surface area contributed by atoms with Gasteiger partial charge in [0.15, 0.2) is 11.6 Å². The molecule has 2 rings (SSSR count). The maximum atomic E-state index is 12.6. The second kappa shape index (κ2) is 5.68. The second-order valence-electron chi connectivity index (χ2n) is 4.53. The van der Waals surface area contributed by atoms with Gasteiger partial charge in [-0.2, -0.15) is 0 Å². The van der Waals surface area contributed by atoms with Crippen LogP contribution in [-0.2, 0) is 4.57 Å². The van der Waals surface area contributed by atoms with Gasteiger partial charge in [-0.15, -0.1) is 0 Å². The predicted molar refractivity (Wildman–Crippen MR) is 74.0 cm³/mol. The van der Waals surface area contributed by atoms with Crippen LogP contribution in [0.1, 0.15) is 22.7 Å². The number of rotatable bonds is 4. The van der Waals surface area contributed by atoms with E-state index in [0.717, 1.165) is 11.1 Å². The summed E-state index contributed by atoms with van der Waals surface area (Å²) in [6.07, 6.45) is 0. The maximum Gasteiger partial charge on any atom is 0.321 e. The standard InChI is InChI=1S/C14H17N2O2P/c15-13(11-7-3-1-4-8-11)19(17,18)14(16)12-9-5-2-6-10-12/h1-10,13-14H,15-16H2,(H,17,18)/p+2/t13-,14-/m0/s1. The lowest BCUT2D eigenvalue weighted by Gasteiger charge is -2.20. The molecule has 2 aromatic carbocycles. The van der Waals surface area contributed by atoms with Crippen LogP contribution < -0.4 is 11.5 Å². The van der Waals surface area contributed by atoms with Crippen LogP contribution in [0, 0.1) is 0 Å². The van der Waals surface area contributed by atoms with Crippen LogP contribution in [0.25, 0.3) is 0 Å². The first-order chi connectivity index (χ1) is 9.03. The monoisotopic (exact) mass is 278 g/mol. The molecule has 0 aliphatic heterocycles. The third-order valence-electron chi connectivity index (χ3n) is 3.26. The molecular weight excluding hydrogens is 259 g/mol. The van der Waals surface area contributed by atoms with E-state index >= 15 is 0 Å². The van der Waals surface area contributed by atoms with Gasteiger partial charge in [-0.3, -0.25) is 4.57 Å². The van der Waals surface area contributed by atoms with Gasteiger partial charge in [0, 0.05) is 11.1 Å². The van der Waals surface area contributed by atoms with Gasteiger partial charge in [0.1, 0.15) is 0 Å². The molecule has 2 aromatic rings. The molecule has 0 radical (unpaired) electrons. The first-order valence-electron chi connectivity index (χ1n) is 6.11. The maximum absolute atomic E-state index is 12.6. The average Bonchev–Trinajstić information content (AvgIpc) is 2.47. The van der Waals surface area contributed by atoms with Gasteiger partial charge in [0.05, 0.1) is 0 Å². The van der Waals surface area contributed by atoms with Crippen LogP contribution in [0.4, 0.5) is 0 Å². The smallest absolute Gasteiger partial charge is 0.321 e. The summed E-state index contributed by atoms with van der Waals surface area (Å²) in [6.45, 7) is 0. The Morgan fingerprint density at radius 2 is 1.11 bits per heavy atom. The second-order valence-corrected chi connectivity index (χ2v) is 7.12. The molecule has 0 heterocycles. The van der Waals surface area contributed by atoms with Crippen molar-refractivity contribution in [2.45, 2.75) is 11.6 Å². The number of hydrogen-bond donors (Lipinski definition) is 3. The predicted octanol–water partition coefficient (Wildman–Crippen LogP) is 1.14. The zero-order valence-electron chi connectivity index (χ0n) is 10.6. The Morgan fingerprint density at radius 3 is 1.42 bits per heavy atom. The summed E-state index contributed by atoms with van der Waals surface area (Å²) in [5, 5.41) is 0. The van der Waals surface area contributed by atoms with Gasteiger partial charge in [0.25, 0.3) is 0 Å². The van der Waals surface area contributed by atoms with Crippen molar-refractivity contribution in [3.63, 3.8) is 0 Å². The first-order valence-corrected chi connectivity index (χ1v) is 7.91. The molecule has 0 unspecified atom stereocenters. The molecule has 19 heavy (non-hydrogen) atoms. The minimum absolute atomic E-state index is 0.670. The Kier molecular flexibility index (Phi) is 4.17. The van der Waals surface area contributed by atoms with E-state index < -0.39 is 18.9 Å². The number of benzene rings is 2. The normalized spacial score (nSPS) is 14.9. The number of hydrogen-bond acceptors (Lipinski definition) is 1. The quantitative estimate of drug-likeness (QED) is 0.732. The SMILES string of the molecule is [NH3+][C@H](c1ccccc1)P(=O)(O)[C@H]([NH3+])c1ccccc1. The fraction of sp³-hybridized carbons (Fsp3) is 0.143. The van der Waals surface area contributed by atoms with Crippen LogP contribution in [-0.4, -0.2) is 4.89 Å². The highest BCUT2D eigenvalue weighted by Gasteiger charge is 2.42. The van der Waals surface area contributed by atoms with Gasteiger partial charge in [-0.25, -0.2) is 0 Å². The summed E-state index contributed by atoms with van der Waals surface area (Å²) >= 11 is 0. The van der Waals surface area contributed by atoms with Crippen molar-refractivity contribution in [2.24, 2.45) is 0 Å². The first kappa shape index (κ1) is 14.0. The van der Waals surface area contributed by atoms with Crippen molar-refractivity contribution in [3.8, 4) is 0 Å². The Balaban J connectivity index is 2.30. The molecule has 0 aliphatic carbocycles. The molecule has 0 aromatic heterocycles. The van der Waals surface area contributed by atoms with E-state index in [1.54, 1.807) is 0 Å². The largest absolute Gasteiger partial charge is 0.343 e. The lowest BCUT2D eigenvalue weighted by atomic mass is 10.2. The zero-order chi connectivity index (χ0) is 13.9. The van der Waals surface area contributed by atoms with E-state index in [4.69, 9.17) is 0 Å². The van der Waals surface area contributed by atoms with Gasteiger partial charge >= 0.3 is 7.37 Å². The van der Waals surface area contributed by atoms with Crippen LogP contribution in [0.3, 0.4) is 0 Å². The van der Waals surface area contributed by atoms with Crippen LogP contribution in [0.5, 0.6) is 0 Å². The summed E-state index contributed by atoms with van der Waals surface area (Å²) in [5.41, 5.74) is 9.27.